The van der Waals surface area contributed by atoms with E-state index < -0.39 is 272 Å². The number of hydrogen-bond acceptors (Lipinski definition) is 31. The molecule has 0 radical (unpaired) electrons. The Bertz CT molecular complexity index is 2940. The number of carboxylic acids is 1. The smallest absolute Gasteiger partial charge is 0.317 e. The zero-order chi connectivity index (χ0) is 73.9. The summed E-state index contributed by atoms with van der Waals surface area (Å²) >= 11 is 0. The average molecular weight is 1440 g/mol. The third kappa shape index (κ3) is 13.6. The van der Waals surface area contributed by atoms with E-state index in [-0.39, 0.29) is 31.6 Å². The molecule has 0 spiro atoms. The first-order chi connectivity index (χ1) is 46.6. The highest BCUT2D eigenvalue weighted by Crippen LogP contribution is 2.76. The summed E-state index contributed by atoms with van der Waals surface area (Å²) in [5.74, 6) is -8.20. The van der Waals surface area contributed by atoms with Crippen molar-refractivity contribution in [1.29, 1.82) is 0 Å². The number of aliphatic carboxylic acids is 1. The second-order valence-electron chi connectivity index (χ2n) is 32.1. The molecule has 100 heavy (non-hydrogen) atoms. The lowest BCUT2D eigenvalue weighted by molar-refractivity contribution is -0.394. The fourth-order valence-corrected chi connectivity index (χ4v) is 18.7. The molecule has 5 aliphatic carbocycles. The van der Waals surface area contributed by atoms with Gasteiger partial charge in [0, 0.05) is 0 Å². The summed E-state index contributed by atoms with van der Waals surface area (Å²) in [6, 6.07) is 0. The van der Waals surface area contributed by atoms with Gasteiger partial charge in [-0.3, -0.25) is 19.2 Å². The van der Waals surface area contributed by atoms with E-state index >= 15 is 4.79 Å². The molecule has 0 aromatic heterocycles. The molecule has 0 amide bonds. The molecule has 10 rings (SSSR count). The molecular weight excluding hydrogens is 1330 g/mol. The van der Waals surface area contributed by atoms with E-state index in [1.165, 1.54) is 48.5 Å². The Labute approximate surface area is 579 Å². The van der Waals surface area contributed by atoms with Gasteiger partial charge < -0.3 is 139 Å². The Hall–Kier alpha value is -3.34. The van der Waals surface area contributed by atoms with Gasteiger partial charge in [-0.2, -0.15) is 0 Å². The van der Waals surface area contributed by atoms with Crippen LogP contribution in [0.15, 0.2) is 11.6 Å². The molecule has 572 valence electrons. The van der Waals surface area contributed by atoms with Gasteiger partial charge in [-0.15, -0.1) is 0 Å². The zero-order valence-electron chi connectivity index (χ0n) is 58.6. The number of carbonyl (C=O) groups is 4. The molecule has 32 heteroatoms. The molecule has 4 saturated carbocycles. The van der Waals surface area contributed by atoms with Crippen LogP contribution in [0.5, 0.6) is 0 Å². The van der Waals surface area contributed by atoms with Crippen LogP contribution in [0.3, 0.4) is 0 Å². The van der Waals surface area contributed by atoms with Crippen molar-refractivity contribution in [3.05, 3.63) is 11.6 Å². The van der Waals surface area contributed by atoms with E-state index in [1.54, 1.807) is 0 Å². The highest BCUT2D eigenvalue weighted by molar-refractivity contribution is 5.80. The van der Waals surface area contributed by atoms with E-state index in [0.717, 1.165) is 5.57 Å². The number of esters is 3. The number of ether oxygens (including phenoxy) is 12. The number of carbonyl (C=O) groups excluding carboxylic acids is 3. The second kappa shape index (κ2) is 29.4. The predicted octanol–water partition coefficient (Wildman–Crippen LogP) is -2.74. The normalized spacial score (nSPS) is 50.6. The zero-order valence-corrected chi connectivity index (χ0v) is 58.6. The van der Waals surface area contributed by atoms with Crippen molar-refractivity contribution in [1.82, 2.24) is 0 Å². The van der Waals surface area contributed by atoms with Crippen LogP contribution in [0.4, 0.5) is 0 Å². The van der Waals surface area contributed by atoms with Crippen molar-refractivity contribution in [2.75, 3.05) is 19.8 Å². The SMILES string of the molecule is C[C@H](O)[C@@H](C)C(=O)O[C@H](C)[C@@H](C)C(=O)O[C@@H]1[C@H](O)[C@@H](O[C@@H]2O[C@@H](C)[C@H](O[C@@H]3OC[C@@H](O)[C@H](O)[C@H]3O)[C@@H](O)[C@H]2O[C@@H]2OC[C@H](O)[C@H](O)[C@H]2O)[C@H](OC(=O)[C@]23CCC(C)(C)C[C@H]2C2=CC[C@@H]4[C@@]5(C)C[C@H](O)[C@H](O[C@@H]6O[C@H](CO)[C@@H](O)[C@H](O)[C@H]6O)[C@@](C)(C(=O)O)[C@@H]5CC[C@@]4(C)[C@]2(C)C[C@H]3O)O[C@@H]1C. The quantitative estimate of drug-likeness (QED) is 0.0287. The lowest BCUT2D eigenvalue weighted by atomic mass is 9.33. The number of fused-ring (bicyclic) bond motifs is 7. The van der Waals surface area contributed by atoms with Crippen LogP contribution in [0.1, 0.15) is 134 Å². The standard InChI is InChI=1S/C68H108O32/c1-25(27(3)70)54(84)91-28(4)26(2)55(85)95-49-29(5)93-60(52(47(49)82)98-59-51(97-57-45(80)41(76)35(73)24-90-57)48(83)50(30(6)92-59)96-56-44(79)40(75)34(72)23-89-56)100-62(88)68-18-17-63(7,8)19-32(68)31-13-14-37-64(9)20-33(71)53(99-58-46(81)43(78)42(77)36(22-69)94-58)67(12,61(86)87)38(64)15-16-65(37,10)66(31,11)21-39(68)74/h13,25-30,32-53,56-60,69-83H,14-24H2,1-12H3,(H,86,87)/t25-,26-,27+,28-,29-,30+,32+,33+,34-,35+,36-,37-,38-,39-,40+,41+,42-,43+,44-,45-,46-,47+,48-,49+,50+,51-,52-,53+,56+,57+,58+,59+,60+,64-,65-,66-,67+,68-/m1/s1. The van der Waals surface area contributed by atoms with Crippen LogP contribution in [-0.2, 0) is 76.0 Å². The van der Waals surface area contributed by atoms with Crippen molar-refractivity contribution in [3.8, 4) is 0 Å². The Morgan fingerprint density at radius 2 is 1.11 bits per heavy atom. The lowest BCUT2D eigenvalue weighted by Gasteiger charge is -2.71. The summed E-state index contributed by atoms with van der Waals surface area (Å²) in [6.07, 6.45) is -44.0. The van der Waals surface area contributed by atoms with E-state index in [4.69, 9.17) is 56.8 Å². The fraction of sp³-hybridized carbons (Fsp3) is 0.912. The van der Waals surface area contributed by atoms with E-state index in [1.807, 2.05) is 27.7 Å². The van der Waals surface area contributed by atoms with Gasteiger partial charge >= 0.3 is 23.9 Å². The number of hydrogen-bond donors (Lipinski definition) is 16. The Morgan fingerprint density at radius 1 is 0.560 bits per heavy atom. The third-order valence-corrected chi connectivity index (χ3v) is 25.5. The third-order valence-electron chi connectivity index (χ3n) is 25.5. The maximum atomic E-state index is 16.1. The van der Waals surface area contributed by atoms with Crippen LogP contribution in [0, 0.1) is 62.1 Å². The molecule has 38 atom stereocenters. The molecule has 32 nitrogen and oxygen atoms in total. The van der Waals surface area contributed by atoms with Crippen LogP contribution in [-0.4, -0.2) is 297 Å². The highest BCUT2D eigenvalue weighted by Gasteiger charge is 2.75. The van der Waals surface area contributed by atoms with E-state index in [0.29, 0.717) is 25.7 Å². The van der Waals surface area contributed by atoms with Crippen LogP contribution in [0.2, 0.25) is 0 Å². The summed E-state index contributed by atoms with van der Waals surface area (Å²) in [5.41, 5.74) is -5.93. The highest BCUT2D eigenvalue weighted by atomic mass is 16.8. The van der Waals surface area contributed by atoms with Crippen LogP contribution < -0.4 is 0 Å². The molecule has 10 aliphatic rings. The minimum Gasteiger partial charge on any atom is -0.481 e. The Kier molecular flexibility index (Phi) is 23.3. The monoisotopic (exact) mass is 1440 g/mol. The Balaban J connectivity index is 0.982. The lowest BCUT2D eigenvalue weighted by Crippen LogP contribution is -2.71. The van der Waals surface area contributed by atoms with Gasteiger partial charge in [0.25, 0.3) is 0 Å². The summed E-state index contributed by atoms with van der Waals surface area (Å²) in [4.78, 5) is 57.2. The molecule has 5 aliphatic heterocycles. The molecule has 9 fully saturated rings. The number of rotatable bonds is 18. The van der Waals surface area contributed by atoms with Gasteiger partial charge in [-0.25, -0.2) is 0 Å². The largest absolute Gasteiger partial charge is 0.481 e. The summed E-state index contributed by atoms with van der Waals surface area (Å²) < 4.78 is 72.6. The number of allylic oxidation sites excluding steroid dienone is 2. The van der Waals surface area contributed by atoms with E-state index in [2.05, 4.69) is 13.0 Å². The molecule has 5 saturated heterocycles. The first-order valence-corrected chi connectivity index (χ1v) is 35.1. The van der Waals surface area contributed by atoms with E-state index in [9.17, 15) is 96.1 Å². The maximum Gasteiger partial charge on any atom is 0.317 e. The molecule has 0 bridgehead atoms. The molecular formula is C68H108O32. The van der Waals surface area contributed by atoms with Crippen molar-refractivity contribution in [2.45, 2.75) is 306 Å². The first-order valence-electron chi connectivity index (χ1n) is 35.1. The topological polar surface area (TPSA) is 503 Å². The minimum atomic E-state index is -2.09. The number of carboxylic acid groups (broad SMARTS) is 1. The van der Waals surface area contributed by atoms with Gasteiger partial charge in [0.15, 0.2) is 37.4 Å². The molecule has 0 aromatic rings. The maximum absolute atomic E-state index is 16.1. The van der Waals surface area contributed by atoms with Crippen molar-refractivity contribution < 1.29 is 158 Å². The van der Waals surface area contributed by atoms with Gasteiger partial charge in [0.2, 0.25) is 6.29 Å². The van der Waals surface area contributed by atoms with Gasteiger partial charge in [-0.1, -0.05) is 46.3 Å². The van der Waals surface area contributed by atoms with Crippen molar-refractivity contribution >= 4 is 23.9 Å². The molecule has 0 unspecified atom stereocenters. The van der Waals surface area contributed by atoms with Gasteiger partial charge in [0.1, 0.15) is 103 Å². The minimum absolute atomic E-state index is 0.00494. The van der Waals surface area contributed by atoms with Gasteiger partial charge in [-0.05, 0) is 139 Å². The predicted molar refractivity (Wildman–Crippen MR) is 335 cm³/mol. The van der Waals surface area contributed by atoms with Gasteiger partial charge in [0.05, 0.1) is 67.6 Å². The fourth-order valence-electron chi connectivity index (χ4n) is 18.7. The van der Waals surface area contributed by atoms with Crippen LogP contribution >= 0.6 is 0 Å². The first kappa shape index (κ1) is 79.2. The average Bonchev–Trinajstić information content (AvgIpc) is 0.668. The number of aliphatic hydroxyl groups excluding tert-OH is 15. The summed E-state index contributed by atoms with van der Waals surface area (Å²) in [5, 5.41) is 178. The van der Waals surface area contributed by atoms with Crippen molar-refractivity contribution in [3.63, 3.8) is 0 Å². The summed E-state index contributed by atoms with van der Waals surface area (Å²) in [7, 11) is 0. The molecule has 0 aromatic carbocycles. The molecule has 16 N–H and O–H groups in total. The number of aliphatic hydroxyl groups is 15. The van der Waals surface area contributed by atoms with Crippen LogP contribution in [0.25, 0.3) is 0 Å². The second-order valence-corrected chi connectivity index (χ2v) is 32.1. The van der Waals surface area contributed by atoms with Crippen molar-refractivity contribution in [2.24, 2.45) is 62.1 Å². The molecule has 5 heterocycles. The Morgan fingerprint density at radius 3 is 1.70 bits per heavy atom. The summed E-state index contributed by atoms with van der Waals surface area (Å²) in [6.45, 7) is 18.2.